The Morgan fingerprint density at radius 3 is 2.64 bits per heavy atom. The second-order valence-corrected chi connectivity index (χ2v) is 6.91. The second-order valence-electron chi connectivity index (χ2n) is 5.99. The minimum Gasteiger partial charge on any atom is -0.381 e. The van der Waals surface area contributed by atoms with Crippen molar-refractivity contribution in [3.8, 4) is 0 Å². The third-order valence-electron chi connectivity index (χ3n) is 4.03. The summed E-state index contributed by atoms with van der Waals surface area (Å²) >= 11 is 3.46. The van der Waals surface area contributed by atoms with Gasteiger partial charge in [0.05, 0.1) is 6.10 Å². The number of rotatable bonds is 7. The van der Waals surface area contributed by atoms with Gasteiger partial charge in [0, 0.05) is 51.5 Å². The molecule has 5 nitrogen and oxygen atoms in total. The van der Waals surface area contributed by atoms with Gasteiger partial charge in [-0.05, 0) is 37.0 Å². The van der Waals surface area contributed by atoms with Crippen LogP contribution in [0.4, 0.5) is 0 Å². The van der Waals surface area contributed by atoms with Crippen molar-refractivity contribution in [2.45, 2.75) is 31.9 Å². The highest BCUT2D eigenvalue weighted by atomic mass is 127. The Bertz CT molecular complexity index is 508. The molecule has 1 aliphatic heterocycles. The predicted octanol–water partition coefficient (Wildman–Crippen LogP) is 3.66. The van der Waals surface area contributed by atoms with Crippen molar-refractivity contribution >= 4 is 45.9 Å². The Morgan fingerprint density at radius 2 is 2.00 bits per heavy atom. The third-order valence-corrected chi connectivity index (χ3v) is 4.56. The summed E-state index contributed by atoms with van der Waals surface area (Å²) in [5.41, 5.74) is 1.26. The molecule has 1 aromatic carbocycles. The average molecular weight is 526 g/mol. The molecule has 2 rings (SSSR count). The fourth-order valence-corrected chi connectivity index (χ4v) is 2.95. The van der Waals surface area contributed by atoms with E-state index < -0.39 is 0 Å². The molecule has 1 N–H and O–H groups in total. The van der Waals surface area contributed by atoms with Crippen molar-refractivity contribution in [1.82, 2.24) is 10.2 Å². The van der Waals surface area contributed by atoms with Crippen LogP contribution in [0.3, 0.4) is 0 Å². The van der Waals surface area contributed by atoms with E-state index in [4.69, 9.17) is 9.47 Å². The van der Waals surface area contributed by atoms with Crippen molar-refractivity contribution in [2.24, 2.45) is 4.99 Å². The minimum absolute atomic E-state index is 0. The predicted molar refractivity (Wildman–Crippen MR) is 117 cm³/mol. The Labute approximate surface area is 176 Å². The lowest BCUT2D eigenvalue weighted by atomic mass is 10.1. The first-order valence-corrected chi connectivity index (χ1v) is 9.34. The molecular formula is C18H29BrIN3O2. The Morgan fingerprint density at radius 1 is 1.32 bits per heavy atom. The van der Waals surface area contributed by atoms with Crippen molar-refractivity contribution < 1.29 is 9.47 Å². The topological polar surface area (TPSA) is 46.1 Å². The quantitative estimate of drug-likeness (QED) is 0.255. The van der Waals surface area contributed by atoms with E-state index in [-0.39, 0.29) is 24.0 Å². The largest absolute Gasteiger partial charge is 0.381 e. The fourth-order valence-electron chi connectivity index (χ4n) is 2.69. The number of hydrogen-bond donors (Lipinski definition) is 1. The van der Waals surface area contributed by atoms with Crippen LogP contribution >= 0.6 is 39.9 Å². The molecule has 1 aromatic rings. The van der Waals surface area contributed by atoms with Crippen LogP contribution in [0.5, 0.6) is 0 Å². The molecule has 142 valence electrons. The fraction of sp³-hybridized carbons (Fsp3) is 0.611. The van der Waals surface area contributed by atoms with Crippen molar-refractivity contribution in [3.05, 3.63) is 34.3 Å². The van der Waals surface area contributed by atoms with E-state index in [9.17, 15) is 0 Å². The summed E-state index contributed by atoms with van der Waals surface area (Å²) in [6, 6.07) is 8.37. The second kappa shape index (κ2) is 12.9. The van der Waals surface area contributed by atoms with E-state index in [0.29, 0.717) is 6.10 Å². The van der Waals surface area contributed by atoms with Crippen molar-refractivity contribution in [3.63, 3.8) is 0 Å². The number of nitrogens with zero attached hydrogens (tertiary/aromatic N) is 2. The van der Waals surface area contributed by atoms with Gasteiger partial charge in [-0.3, -0.25) is 4.99 Å². The molecular weight excluding hydrogens is 497 g/mol. The zero-order valence-electron chi connectivity index (χ0n) is 15.0. The molecule has 0 aromatic heterocycles. The van der Waals surface area contributed by atoms with Crippen LogP contribution < -0.4 is 5.32 Å². The molecule has 0 radical (unpaired) electrons. The number of guanidine groups is 1. The summed E-state index contributed by atoms with van der Waals surface area (Å²) in [5, 5.41) is 3.40. The molecule has 0 atom stereocenters. The maximum absolute atomic E-state index is 5.89. The van der Waals surface area contributed by atoms with Crippen LogP contribution in [0.25, 0.3) is 0 Å². The van der Waals surface area contributed by atoms with Gasteiger partial charge in [0.1, 0.15) is 0 Å². The van der Waals surface area contributed by atoms with E-state index in [1.54, 1.807) is 0 Å². The number of benzene rings is 1. The Hall–Kier alpha value is -0.380. The highest BCUT2D eigenvalue weighted by Gasteiger charge is 2.13. The molecule has 0 aliphatic carbocycles. The highest BCUT2D eigenvalue weighted by Crippen LogP contribution is 2.12. The minimum atomic E-state index is 0. The Balaban J connectivity index is 0.00000312. The SMILES string of the molecule is CN=C(NCCCOC1CCOCC1)N(C)Cc1ccc(Br)cc1.I. The van der Waals surface area contributed by atoms with Crippen LogP contribution in [0.15, 0.2) is 33.7 Å². The normalized spacial score (nSPS) is 15.6. The van der Waals surface area contributed by atoms with Gasteiger partial charge in [-0.2, -0.15) is 0 Å². The summed E-state index contributed by atoms with van der Waals surface area (Å²) in [4.78, 5) is 6.48. The van der Waals surface area contributed by atoms with E-state index >= 15 is 0 Å². The molecule has 0 amide bonds. The molecule has 1 fully saturated rings. The van der Waals surface area contributed by atoms with Gasteiger partial charge in [-0.15, -0.1) is 24.0 Å². The molecule has 7 heteroatoms. The van der Waals surface area contributed by atoms with Gasteiger partial charge in [-0.1, -0.05) is 28.1 Å². The van der Waals surface area contributed by atoms with Gasteiger partial charge in [-0.25, -0.2) is 0 Å². The number of nitrogens with one attached hydrogen (secondary N) is 1. The summed E-state index contributed by atoms with van der Waals surface area (Å²) in [6.07, 6.45) is 3.39. The lowest BCUT2D eigenvalue weighted by molar-refractivity contribution is -0.0320. The standard InChI is InChI=1S/C18H28BrN3O2.HI/c1-20-18(22(2)14-15-4-6-16(19)7-5-15)21-10-3-11-24-17-8-12-23-13-9-17;/h4-7,17H,3,8-14H2,1-2H3,(H,20,21);1H. The first-order chi connectivity index (χ1) is 11.7. The number of ether oxygens (including phenoxy) is 2. The number of aliphatic imine (C=N–C) groups is 1. The summed E-state index contributed by atoms with van der Waals surface area (Å²) < 4.78 is 12.3. The van der Waals surface area contributed by atoms with Crippen molar-refractivity contribution in [1.29, 1.82) is 0 Å². The molecule has 0 unspecified atom stereocenters. The lowest BCUT2D eigenvalue weighted by Crippen LogP contribution is -2.39. The zero-order chi connectivity index (χ0) is 17.2. The van der Waals surface area contributed by atoms with Gasteiger partial charge in [0.25, 0.3) is 0 Å². The Kier molecular flexibility index (Phi) is 11.7. The van der Waals surface area contributed by atoms with E-state index in [1.807, 2.05) is 7.05 Å². The van der Waals surface area contributed by atoms with Gasteiger partial charge >= 0.3 is 0 Å². The van der Waals surface area contributed by atoms with Crippen LogP contribution in [-0.4, -0.2) is 57.4 Å². The van der Waals surface area contributed by atoms with E-state index in [0.717, 1.165) is 62.6 Å². The van der Waals surface area contributed by atoms with Crippen LogP contribution in [0, 0.1) is 0 Å². The van der Waals surface area contributed by atoms with Crippen LogP contribution in [-0.2, 0) is 16.0 Å². The van der Waals surface area contributed by atoms with Gasteiger partial charge < -0.3 is 19.7 Å². The van der Waals surface area contributed by atoms with Gasteiger partial charge in [0.15, 0.2) is 5.96 Å². The highest BCUT2D eigenvalue weighted by molar-refractivity contribution is 14.0. The molecule has 1 saturated heterocycles. The molecule has 0 saturated carbocycles. The van der Waals surface area contributed by atoms with E-state index in [2.05, 4.69) is 62.5 Å². The third kappa shape index (κ3) is 8.70. The molecule has 1 aliphatic rings. The molecule has 0 bridgehead atoms. The average Bonchev–Trinajstić information content (AvgIpc) is 2.61. The summed E-state index contributed by atoms with van der Waals surface area (Å²) in [6.45, 7) is 4.13. The number of hydrogen-bond acceptors (Lipinski definition) is 3. The molecule has 1 heterocycles. The van der Waals surface area contributed by atoms with Crippen molar-refractivity contribution in [2.75, 3.05) is 40.5 Å². The first-order valence-electron chi connectivity index (χ1n) is 8.54. The van der Waals surface area contributed by atoms with Crippen LogP contribution in [0.1, 0.15) is 24.8 Å². The summed E-state index contributed by atoms with van der Waals surface area (Å²) in [5.74, 6) is 0.906. The van der Waals surface area contributed by atoms with Gasteiger partial charge in [0.2, 0.25) is 0 Å². The zero-order valence-corrected chi connectivity index (χ0v) is 19.0. The molecule has 25 heavy (non-hydrogen) atoms. The lowest BCUT2D eigenvalue weighted by Gasteiger charge is -2.23. The first kappa shape index (κ1) is 22.7. The maximum Gasteiger partial charge on any atom is 0.193 e. The van der Waals surface area contributed by atoms with Crippen LogP contribution in [0.2, 0.25) is 0 Å². The monoisotopic (exact) mass is 525 g/mol. The number of halogens is 2. The maximum atomic E-state index is 5.89. The molecule has 0 spiro atoms. The smallest absolute Gasteiger partial charge is 0.193 e. The van der Waals surface area contributed by atoms with E-state index in [1.165, 1.54) is 5.56 Å². The summed E-state index contributed by atoms with van der Waals surface area (Å²) in [7, 11) is 3.87.